The van der Waals surface area contributed by atoms with Gasteiger partial charge in [-0.2, -0.15) is 0 Å². The van der Waals surface area contributed by atoms with E-state index in [1.807, 2.05) is 13.8 Å². The van der Waals surface area contributed by atoms with Gasteiger partial charge in [0.2, 0.25) is 0 Å². The molecular weight excluding hydrogens is 280 g/mol. The molecular formula is C13H14N2O4S. The van der Waals surface area contributed by atoms with Crippen LogP contribution < -0.4 is 5.32 Å². The first-order valence-corrected chi connectivity index (χ1v) is 6.90. The molecule has 1 unspecified atom stereocenters. The molecule has 2 aromatic rings. The third-order valence-electron chi connectivity index (χ3n) is 2.71. The monoisotopic (exact) mass is 294 g/mol. The Labute approximate surface area is 119 Å². The van der Waals surface area contributed by atoms with E-state index in [0.29, 0.717) is 0 Å². The molecule has 0 bridgehead atoms. The van der Waals surface area contributed by atoms with Crippen LogP contribution in [0, 0.1) is 0 Å². The van der Waals surface area contributed by atoms with E-state index in [1.54, 1.807) is 6.20 Å². The lowest BCUT2D eigenvalue weighted by Gasteiger charge is -2.09. The number of aromatic carboxylic acids is 1. The topological polar surface area (TPSA) is 92.4 Å². The number of carbonyl (C=O) groups is 2. The van der Waals surface area contributed by atoms with Crippen LogP contribution in [0.15, 0.2) is 22.9 Å². The van der Waals surface area contributed by atoms with Crippen LogP contribution in [0.4, 0.5) is 0 Å². The third kappa shape index (κ3) is 3.05. The number of nitrogens with one attached hydrogen (secondary N) is 1. The second-order valence-electron chi connectivity index (χ2n) is 4.22. The largest absolute Gasteiger partial charge is 0.478 e. The summed E-state index contributed by atoms with van der Waals surface area (Å²) < 4.78 is 4.94. The molecule has 0 radical (unpaired) electrons. The summed E-state index contributed by atoms with van der Waals surface area (Å²) >= 11 is 1.54. The molecule has 0 aliphatic carbocycles. The van der Waals surface area contributed by atoms with Crippen molar-refractivity contribution < 1.29 is 19.1 Å². The molecule has 20 heavy (non-hydrogen) atoms. The van der Waals surface area contributed by atoms with Crippen LogP contribution in [0.25, 0.3) is 0 Å². The van der Waals surface area contributed by atoms with Crippen molar-refractivity contribution in [3.8, 4) is 0 Å². The standard InChI is InChI=1S/C13H14N2O4S/c1-3-9-5-14-12(20-9)7(2)15-11(16)10-4-8(6-19-10)13(17)18/h4-7H,3H2,1-2H3,(H,15,16)(H,17,18). The lowest BCUT2D eigenvalue weighted by atomic mass is 10.3. The van der Waals surface area contributed by atoms with Crippen molar-refractivity contribution in [3.05, 3.63) is 39.7 Å². The molecule has 0 aliphatic rings. The molecule has 1 atom stereocenters. The number of hydrogen-bond donors (Lipinski definition) is 2. The molecule has 0 fully saturated rings. The van der Waals surface area contributed by atoms with Crippen molar-refractivity contribution in [1.82, 2.24) is 10.3 Å². The molecule has 0 aliphatic heterocycles. The van der Waals surface area contributed by atoms with Crippen LogP contribution in [0.3, 0.4) is 0 Å². The molecule has 2 aromatic heterocycles. The summed E-state index contributed by atoms with van der Waals surface area (Å²) in [6.07, 6.45) is 3.73. The zero-order valence-electron chi connectivity index (χ0n) is 11.0. The van der Waals surface area contributed by atoms with E-state index < -0.39 is 11.9 Å². The quantitative estimate of drug-likeness (QED) is 0.883. The number of amides is 1. The second-order valence-corrected chi connectivity index (χ2v) is 5.37. The van der Waals surface area contributed by atoms with Crippen LogP contribution >= 0.6 is 11.3 Å². The minimum Gasteiger partial charge on any atom is -0.478 e. The highest BCUT2D eigenvalue weighted by Gasteiger charge is 2.18. The molecule has 2 N–H and O–H groups in total. The van der Waals surface area contributed by atoms with E-state index in [0.717, 1.165) is 22.6 Å². The Balaban J connectivity index is 2.04. The number of aryl methyl sites for hydroxylation is 1. The lowest BCUT2D eigenvalue weighted by molar-refractivity contribution is 0.0695. The molecule has 2 heterocycles. The first-order chi connectivity index (χ1) is 9.51. The number of thiazole rings is 1. The molecule has 0 saturated heterocycles. The van der Waals surface area contributed by atoms with Gasteiger partial charge in [0.05, 0.1) is 11.6 Å². The molecule has 2 rings (SSSR count). The lowest BCUT2D eigenvalue weighted by Crippen LogP contribution is -2.26. The number of aromatic nitrogens is 1. The summed E-state index contributed by atoms with van der Waals surface area (Å²) in [6, 6.07) is 0.940. The van der Waals surface area contributed by atoms with Crippen molar-refractivity contribution >= 4 is 23.2 Å². The highest BCUT2D eigenvalue weighted by molar-refractivity contribution is 7.11. The van der Waals surface area contributed by atoms with Crippen LogP contribution in [0.5, 0.6) is 0 Å². The Morgan fingerprint density at radius 1 is 1.55 bits per heavy atom. The summed E-state index contributed by atoms with van der Waals surface area (Å²) in [6.45, 7) is 3.86. The van der Waals surface area contributed by atoms with Gasteiger partial charge in [0.15, 0.2) is 5.76 Å². The summed E-state index contributed by atoms with van der Waals surface area (Å²) in [5, 5.41) is 12.3. The fourth-order valence-electron chi connectivity index (χ4n) is 1.58. The normalized spacial score (nSPS) is 12.1. The number of nitrogens with zero attached hydrogens (tertiary/aromatic N) is 1. The van der Waals surface area contributed by atoms with Gasteiger partial charge in [0.1, 0.15) is 11.3 Å². The van der Waals surface area contributed by atoms with Gasteiger partial charge in [-0.25, -0.2) is 9.78 Å². The van der Waals surface area contributed by atoms with E-state index in [2.05, 4.69) is 10.3 Å². The van der Waals surface area contributed by atoms with E-state index in [9.17, 15) is 9.59 Å². The Morgan fingerprint density at radius 2 is 2.30 bits per heavy atom. The smallest absolute Gasteiger partial charge is 0.338 e. The average Bonchev–Trinajstić information content (AvgIpc) is 3.07. The summed E-state index contributed by atoms with van der Waals surface area (Å²) in [5.41, 5.74) is -0.0506. The predicted octanol–water partition coefficient (Wildman–Crippen LogP) is 2.49. The molecule has 7 heteroatoms. The number of carboxylic acid groups (broad SMARTS) is 1. The Bertz CT molecular complexity index is 632. The first-order valence-electron chi connectivity index (χ1n) is 6.08. The van der Waals surface area contributed by atoms with Crippen molar-refractivity contribution in [2.24, 2.45) is 0 Å². The maximum Gasteiger partial charge on any atom is 0.338 e. The molecule has 0 saturated carbocycles. The zero-order valence-corrected chi connectivity index (χ0v) is 11.9. The van der Waals surface area contributed by atoms with Gasteiger partial charge >= 0.3 is 5.97 Å². The second kappa shape index (κ2) is 5.87. The van der Waals surface area contributed by atoms with Crippen molar-refractivity contribution in [1.29, 1.82) is 0 Å². The fourth-order valence-corrected chi connectivity index (χ4v) is 2.44. The number of hydrogen-bond acceptors (Lipinski definition) is 5. The number of carbonyl (C=O) groups excluding carboxylic acids is 1. The number of furan rings is 1. The number of rotatable bonds is 5. The Hall–Kier alpha value is -2.15. The van der Waals surface area contributed by atoms with E-state index in [4.69, 9.17) is 9.52 Å². The van der Waals surface area contributed by atoms with Gasteiger partial charge in [-0.1, -0.05) is 6.92 Å². The van der Waals surface area contributed by atoms with E-state index in [-0.39, 0.29) is 17.4 Å². The maximum atomic E-state index is 11.9. The van der Waals surface area contributed by atoms with E-state index in [1.165, 1.54) is 17.4 Å². The van der Waals surface area contributed by atoms with Gasteiger partial charge in [-0.15, -0.1) is 11.3 Å². The van der Waals surface area contributed by atoms with Crippen molar-refractivity contribution in [2.45, 2.75) is 26.3 Å². The van der Waals surface area contributed by atoms with Crippen LogP contribution in [-0.4, -0.2) is 22.0 Å². The van der Waals surface area contributed by atoms with Crippen molar-refractivity contribution in [2.75, 3.05) is 0 Å². The highest BCUT2D eigenvalue weighted by atomic mass is 32.1. The van der Waals surface area contributed by atoms with Gasteiger partial charge in [0.25, 0.3) is 5.91 Å². The summed E-state index contributed by atoms with van der Waals surface area (Å²) in [5.74, 6) is -1.62. The molecule has 0 aromatic carbocycles. The van der Waals surface area contributed by atoms with Crippen LogP contribution in [0.1, 0.15) is 50.7 Å². The van der Waals surface area contributed by atoms with Gasteiger partial charge in [0, 0.05) is 17.1 Å². The maximum absolute atomic E-state index is 11.9. The Morgan fingerprint density at radius 3 is 2.85 bits per heavy atom. The average molecular weight is 294 g/mol. The highest BCUT2D eigenvalue weighted by Crippen LogP contribution is 2.20. The molecule has 6 nitrogen and oxygen atoms in total. The number of carboxylic acids is 1. The van der Waals surface area contributed by atoms with Gasteiger partial charge in [-0.3, -0.25) is 4.79 Å². The summed E-state index contributed by atoms with van der Waals surface area (Å²) in [4.78, 5) is 28.0. The minimum absolute atomic E-state index is 0.0264. The van der Waals surface area contributed by atoms with E-state index >= 15 is 0 Å². The molecule has 1 amide bonds. The van der Waals surface area contributed by atoms with Crippen LogP contribution in [-0.2, 0) is 6.42 Å². The zero-order chi connectivity index (χ0) is 14.7. The molecule has 0 spiro atoms. The predicted molar refractivity (Wildman–Crippen MR) is 73.0 cm³/mol. The fraction of sp³-hybridized carbons (Fsp3) is 0.308. The SMILES string of the molecule is CCc1cnc(C(C)NC(=O)c2cc(C(=O)O)co2)s1. The van der Waals surface area contributed by atoms with Gasteiger partial charge < -0.3 is 14.8 Å². The summed E-state index contributed by atoms with van der Waals surface area (Å²) in [7, 11) is 0. The Kier molecular flexibility index (Phi) is 4.19. The van der Waals surface area contributed by atoms with Crippen molar-refractivity contribution in [3.63, 3.8) is 0 Å². The first kappa shape index (κ1) is 14.3. The minimum atomic E-state index is -1.13. The third-order valence-corrected chi connectivity index (χ3v) is 4.03. The van der Waals surface area contributed by atoms with Crippen LogP contribution in [0.2, 0.25) is 0 Å². The van der Waals surface area contributed by atoms with Gasteiger partial charge in [-0.05, 0) is 13.3 Å². The molecule has 106 valence electrons.